The molecule has 0 heterocycles. The number of aliphatic hydroxyl groups excluding tert-OH is 1. The molecule has 0 aromatic heterocycles. The summed E-state index contributed by atoms with van der Waals surface area (Å²) >= 11 is 6.08. The summed E-state index contributed by atoms with van der Waals surface area (Å²) in [6.07, 6.45) is 1.70. The topological polar surface area (TPSA) is 20.2 Å². The van der Waals surface area contributed by atoms with Gasteiger partial charge in [0.05, 0.1) is 0 Å². The third-order valence-electron chi connectivity index (χ3n) is 3.23. The summed E-state index contributed by atoms with van der Waals surface area (Å²) in [5, 5.41) is 12.2. The second kappa shape index (κ2) is 5.07. The highest BCUT2D eigenvalue weighted by Crippen LogP contribution is 2.29. The Morgan fingerprint density at radius 3 is 2.53 bits per heavy atom. The van der Waals surface area contributed by atoms with Gasteiger partial charge in [0.1, 0.15) is 0 Å². The van der Waals surface area contributed by atoms with Gasteiger partial charge < -0.3 is 5.11 Å². The van der Waals surface area contributed by atoms with Crippen LogP contribution in [0.4, 0.5) is 0 Å². The molecule has 2 rings (SSSR count). The van der Waals surface area contributed by atoms with E-state index in [0.717, 1.165) is 17.9 Å². The van der Waals surface area contributed by atoms with E-state index in [-0.39, 0.29) is 6.61 Å². The zero-order chi connectivity index (χ0) is 12.4. The lowest BCUT2D eigenvalue weighted by atomic mass is 9.93. The minimum atomic E-state index is 0.232. The molecular weight excluding hydrogens is 232 g/mol. The van der Waals surface area contributed by atoms with E-state index < -0.39 is 0 Å². The molecule has 0 fully saturated rings. The number of benzene rings is 2. The molecule has 2 aromatic carbocycles. The Balaban J connectivity index is 2.66. The van der Waals surface area contributed by atoms with Crippen LogP contribution in [-0.2, 0) is 6.42 Å². The fourth-order valence-electron chi connectivity index (χ4n) is 2.40. The van der Waals surface area contributed by atoms with E-state index in [1.54, 1.807) is 0 Å². The van der Waals surface area contributed by atoms with Crippen LogP contribution in [0, 0.1) is 13.8 Å². The summed E-state index contributed by atoms with van der Waals surface area (Å²) in [6.45, 7) is 4.48. The van der Waals surface area contributed by atoms with Crippen molar-refractivity contribution in [2.24, 2.45) is 0 Å². The maximum absolute atomic E-state index is 8.97. The third-order valence-corrected chi connectivity index (χ3v) is 3.46. The maximum atomic E-state index is 8.97. The Morgan fingerprint density at radius 2 is 1.82 bits per heavy atom. The summed E-state index contributed by atoms with van der Waals surface area (Å²) in [5.74, 6) is 0. The predicted octanol–water partition coefficient (Wildman–Crippen LogP) is 4.03. The fourth-order valence-corrected chi connectivity index (χ4v) is 2.57. The Labute approximate surface area is 107 Å². The number of rotatable bonds is 3. The zero-order valence-electron chi connectivity index (χ0n) is 10.3. The van der Waals surface area contributed by atoms with Crippen molar-refractivity contribution >= 4 is 22.4 Å². The van der Waals surface area contributed by atoms with Gasteiger partial charge in [-0.25, -0.2) is 0 Å². The van der Waals surface area contributed by atoms with Gasteiger partial charge in [0.15, 0.2) is 0 Å². The highest BCUT2D eigenvalue weighted by atomic mass is 35.5. The molecule has 90 valence electrons. The number of hydrogen-bond acceptors (Lipinski definition) is 1. The van der Waals surface area contributed by atoms with Gasteiger partial charge in [-0.1, -0.05) is 23.7 Å². The number of fused-ring (bicyclic) bond motifs is 1. The first-order valence-electron chi connectivity index (χ1n) is 5.92. The van der Waals surface area contributed by atoms with Crippen LogP contribution in [0.15, 0.2) is 24.3 Å². The lowest BCUT2D eigenvalue weighted by Crippen LogP contribution is -1.96. The van der Waals surface area contributed by atoms with Crippen molar-refractivity contribution in [2.45, 2.75) is 26.7 Å². The van der Waals surface area contributed by atoms with Crippen LogP contribution < -0.4 is 0 Å². The molecule has 2 heteroatoms. The van der Waals surface area contributed by atoms with E-state index in [0.29, 0.717) is 0 Å². The largest absolute Gasteiger partial charge is 0.396 e. The number of halogens is 1. The normalized spacial score (nSPS) is 11.1. The summed E-state index contributed by atoms with van der Waals surface area (Å²) < 4.78 is 0. The van der Waals surface area contributed by atoms with Crippen molar-refractivity contribution in [1.29, 1.82) is 0 Å². The zero-order valence-corrected chi connectivity index (χ0v) is 11.0. The molecular formula is C15H17ClO. The van der Waals surface area contributed by atoms with Gasteiger partial charge in [-0.2, -0.15) is 0 Å². The first kappa shape index (κ1) is 12.4. The van der Waals surface area contributed by atoms with Gasteiger partial charge >= 0.3 is 0 Å². The van der Waals surface area contributed by atoms with Gasteiger partial charge in [-0.15, -0.1) is 0 Å². The molecule has 17 heavy (non-hydrogen) atoms. The molecule has 0 unspecified atom stereocenters. The van der Waals surface area contributed by atoms with Crippen LogP contribution >= 0.6 is 11.6 Å². The van der Waals surface area contributed by atoms with Crippen LogP contribution in [0.1, 0.15) is 23.1 Å². The van der Waals surface area contributed by atoms with Crippen molar-refractivity contribution in [1.82, 2.24) is 0 Å². The molecule has 0 aliphatic rings. The van der Waals surface area contributed by atoms with E-state index in [1.165, 1.54) is 27.5 Å². The Bertz CT molecular complexity index is 546. The SMILES string of the molecule is Cc1cc(C)c2ccc(Cl)cc2c1CCCO. The minimum Gasteiger partial charge on any atom is -0.396 e. The van der Waals surface area contributed by atoms with E-state index in [2.05, 4.69) is 26.0 Å². The van der Waals surface area contributed by atoms with Crippen LogP contribution in [0.3, 0.4) is 0 Å². The highest BCUT2D eigenvalue weighted by molar-refractivity contribution is 6.31. The maximum Gasteiger partial charge on any atom is 0.0434 e. The van der Waals surface area contributed by atoms with Gasteiger partial charge in [0.25, 0.3) is 0 Å². The summed E-state index contributed by atoms with van der Waals surface area (Å²) in [4.78, 5) is 0. The number of hydrogen-bond donors (Lipinski definition) is 1. The Hall–Kier alpha value is -1.05. The molecule has 0 atom stereocenters. The van der Waals surface area contributed by atoms with Gasteiger partial charge in [-0.3, -0.25) is 0 Å². The first-order chi connectivity index (χ1) is 8.13. The van der Waals surface area contributed by atoms with Crippen molar-refractivity contribution in [2.75, 3.05) is 6.61 Å². The monoisotopic (exact) mass is 248 g/mol. The molecule has 0 saturated heterocycles. The van der Waals surface area contributed by atoms with Gasteiger partial charge in [0.2, 0.25) is 0 Å². The van der Waals surface area contributed by atoms with E-state index in [1.807, 2.05) is 12.1 Å². The Morgan fingerprint density at radius 1 is 1.06 bits per heavy atom. The van der Waals surface area contributed by atoms with Crippen LogP contribution in [-0.4, -0.2) is 11.7 Å². The quantitative estimate of drug-likeness (QED) is 0.869. The Kier molecular flexibility index (Phi) is 3.70. The molecule has 2 aromatic rings. The smallest absolute Gasteiger partial charge is 0.0434 e. The predicted molar refractivity (Wildman–Crippen MR) is 73.8 cm³/mol. The molecule has 1 N–H and O–H groups in total. The third kappa shape index (κ3) is 2.46. The second-order valence-electron chi connectivity index (χ2n) is 4.51. The van der Waals surface area contributed by atoms with Crippen LogP contribution in [0.5, 0.6) is 0 Å². The molecule has 0 bridgehead atoms. The van der Waals surface area contributed by atoms with Crippen molar-refractivity contribution < 1.29 is 5.11 Å². The van der Waals surface area contributed by atoms with Crippen LogP contribution in [0.2, 0.25) is 5.02 Å². The fraction of sp³-hybridized carbons (Fsp3) is 0.333. The molecule has 0 saturated carbocycles. The molecule has 0 amide bonds. The van der Waals surface area contributed by atoms with Crippen molar-refractivity contribution in [3.63, 3.8) is 0 Å². The molecule has 0 aliphatic heterocycles. The molecule has 0 aliphatic carbocycles. The average Bonchev–Trinajstić information content (AvgIpc) is 2.28. The molecule has 0 radical (unpaired) electrons. The van der Waals surface area contributed by atoms with E-state index in [4.69, 9.17) is 16.7 Å². The molecule has 0 spiro atoms. The summed E-state index contributed by atoms with van der Waals surface area (Å²) in [7, 11) is 0. The highest BCUT2D eigenvalue weighted by Gasteiger charge is 2.08. The second-order valence-corrected chi connectivity index (χ2v) is 4.94. The van der Waals surface area contributed by atoms with E-state index in [9.17, 15) is 0 Å². The number of aryl methyl sites for hydroxylation is 3. The molecule has 1 nitrogen and oxygen atoms in total. The number of aliphatic hydroxyl groups is 1. The van der Waals surface area contributed by atoms with Crippen molar-refractivity contribution in [3.05, 3.63) is 46.0 Å². The van der Waals surface area contributed by atoms with E-state index >= 15 is 0 Å². The summed E-state index contributed by atoms with van der Waals surface area (Å²) in [6, 6.07) is 8.25. The van der Waals surface area contributed by atoms with Gasteiger partial charge in [0, 0.05) is 11.6 Å². The van der Waals surface area contributed by atoms with Crippen LogP contribution in [0.25, 0.3) is 10.8 Å². The minimum absolute atomic E-state index is 0.232. The standard InChI is InChI=1S/C15H17ClO/c1-10-8-11(2)14-6-5-12(16)9-15(14)13(10)4-3-7-17/h5-6,8-9,17H,3-4,7H2,1-2H3. The lowest BCUT2D eigenvalue weighted by molar-refractivity contribution is 0.288. The van der Waals surface area contributed by atoms with Gasteiger partial charge in [-0.05, 0) is 66.3 Å². The first-order valence-corrected chi connectivity index (χ1v) is 6.30. The average molecular weight is 249 g/mol. The lowest BCUT2D eigenvalue weighted by Gasteiger charge is -2.13. The summed E-state index contributed by atoms with van der Waals surface area (Å²) in [5.41, 5.74) is 3.87. The van der Waals surface area contributed by atoms with Crippen molar-refractivity contribution in [3.8, 4) is 0 Å².